The molecule has 0 aliphatic rings. The summed E-state index contributed by atoms with van der Waals surface area (Å²) in [5.74, 6) is 0. The Labute approximate surface area is 125 Å². The van der Waals surface area contributed by atoms with Gasteiger partial charge in [0.25, 0.3) is 0 Å². The molecule has 2 aromatic heterocycles. The first kappa shape index (κ1) is 12.4. The van der Waals surface area contributed by atoms with Crippen LogP contribution >= 0.6 is 22.6 Å². The second-order valence-electron chi connectivity index (χ2n) is 4.41. The van der Waals surface area contributed by atoms with Crippen LogP contribution in [0.5, 0.6) is 0 Å². The van der Waals surface area contributed by atoms with Gasteiger partial charge in [0.1, 0.15) is 0 Å². The average Bonchev–Trinajstić information content (AvgIpc) is 2.75. The van der Waals surface area contributed by atoms with Gasteiger partial charge in [-0.05, 0) is 47.7 Å². The Morgan fingerprint density at radius 1 is 1.32 bits per heavy atom. The number of hydrogen-bond acceptors (Lipinski definition) is 3. The number of halogens is 1. The molecular weight excluding hydrogens is 351 g/mol. The molecule has 3 aromatic rings. The Balaban J connectivity index is 1.78. The SMILES string of the molecule is Cc1cc2ncc(CNc3cccc(I)c3)cn2n1. The fraction of sp³-hybridized carbons (Fsp3) is 0.143. The van der Waals surface area contributed by atoms with Crippen molar-refractivity contribution in [1.82, 2.24) is 14.6 Å². The summed E-state index contributed by atoms with van der Waals surface area (Å²) >= 11 is 2.31. The average molecular weight is 364 g/mol. The molecule has 1 aromatic carbocycles. The number of benzene rings is 1. The van der Waals surface area contributed by atoms with Crippen LogP contribution in [0.25, 0.3) is 5.65 Å². The Hall–Kier alpha value is -1.63. The molecule has 96 valence electrons. The van der Waals surface area contributed by atoms with Crippen LogP contribution in [0.2, 0.25) is 0 Å². The van der Waals surface area contributed by atoms with Gasteiger partial charge < -0.3 is 5.32 Å². The van der Waals surface area contributed by atoms with Crippen molar-refractivity contribution in [3.8, 4) is 0 Å². The molecule has 0 atom stereocenters. The van der Waals surface area contributed by atoms with Crippen molar-refractivity contribution in [2.75, 3.05) is 5.32 Å². The Morgan fingerprint density at radius 3 is 3.05 bits per heavy atom. The minimum atomic E-state index is 0.738. The maximum Gasteiger partial charge on any atom is 0.155 e. The molecule has 0 saturated heterocycles. The van der Waals surface area contributed by atoms with Crippen molar-refractivity contribution in [2.24, 2.45) is 0 Å². The van der Waals surface area contributed by atoms with Crippen LogP contribution in [-0.2, 0) is 6.54 Å². The molecule has 1 N–H and O–H groups in total. The summed E-state index contributed by atoms with van der Waals surface area (Å²) in [6.45, 7) is 2.71. The topological polar surface area (TPSA) is 42.2 Å². The monoisotopic (exact) mass is 364 g/mol. The fourth-order valence-corrected chi connectivity index (χ4v) is 2.47. The molecule has 0 aliphatic heterocycles. The van der Waals surface area contributed by atoms with Crippen LogP contribution < -0.4 is 5.32 Å². The number of nitrogens with zero attached hydrogens (tertiary/aromatic N) is 3. The minimum absolute atomic E-state index is 0.738. The molecule has 0 unspecified atom stereocenters. The van der Waals surface area contributed by atoms with Crippen LogP contribution in [0.15, 0.2) is 42.7 Å². The first-order valence-corrected chi connectivity index (χ1v) is 7.09. The van der Waals surface area contributed by atoms with Crippen LogP contribution in [0.1, 0.15) is 11.3 Å². The predicted molar refractivity (Wildman–Crippen MR) is 84.2 cm³/mol. The lowest BCUT2D eigenvalue weighted by atomic mass is 10.3. The van der Waals surface area contributed by atoms with E-state index >= 15 is 0 Å². The van der Waals surface area contributed by atoms with Crippen LogP contribution in [0, 0.1) is 10.5 Å². The molecule has 0 aliphatic carbocycles. The Morgan fingerprint density at radius 2 is 2.21 bits per heavy atom. The molecule has 4 nitrogen and oxygen atoms in total. The number of aryl methyl sites for hydroxylation is 1. The lowest BCUT2D eigenvalue weighted by Gasteiger charge is -2.06. The highest BCUT2D eigenvalue weighted by Crippen LogP contribution is 2.13. The molecule has 0 spiro atoms. The molecule has 0 radical (unpaired) electrons. The molecule has 0 amide bonds. The first-order valence-electron chi connectivity index (χ1n) is 6.01. The van der Waals surface area contributed by atoms with Gasteiger partial charge in [-0.15, -0.1) is 0 Å². The molecule has 3 rings (SSSR count). The summed E-state index contributed by atoms with van der Waals surface area (Å²) in [6.07, 6.45) is 3.90. The van der Waals surface area contributed by atoms with Crippen molar-refractivity contribution < 1.29 is 0 Å². The first-order chi connectivity index (χ1) is 9.20. The summed E-state index contributed by atoms with van der Waals surface area (Å²) < 4.78 is 3.04. The maximum atomic E-state index is 4.39. The van der Waals surface area contributed by atoms with Gasteiger partial charge in [0.15, 0.2) is 5.65 Å². The number of rotatable bonds is 3. The summed E-state index contributed by atoms with van der Waals surface area (Å²) in [6, 6.07) is 10.3. The van der Waals surface area contributed by atoms with E-state index in [-0.39, 0.29) is 0 Å². The molecule has 0 fully saturated rings. The van der Waals surface area contributed by atoms with E-state index in [1.54, 1.807) is 0 Å². The number of fused-ring (bicyclic) bond motifs is 1. The molecular formula is C14H13IN4. The van der Waals surface area contributed by atoms with E-state index in [4.69, 9.17) is 0 Å². The Kier molecular flexibility index (Phi) is 3.37. The zero-order valence-electron chi connectivity index (χ0n) is 10.5. The fourth-order valence-electron chi connectivity index (χ4n) is 1.93. The highest BCUT2D eigenvalue weighted by molar-refractivity contribution is 14.1. The van der Waals surface area contributed by atoms with Gasteiger partial charge in [-0.2, -0.15) is 5.10 Å². The third-order valence-corrected chi connectivity index (χ3v) is 3.48. The molecule has 0 saturated carbocycles. The van der Waals surface area contributed by atoms with E-state index in [1.807, 2.05) is 36.0 Å². The lowest BCUT2D eigenvalue weighted by Crippen LogP contribution is -2.02. The smallest absolute Gasteiger partial charge is 0.155 e. The van der Waals surface area contributed by atoms with E-state index in [0.29, 0.717) is 0 Å². The van der Waals surface area contributed by atoms with Crippen LogP contribution in [0.3, 0.4) is 0 Å². The number of hydrogen-bond donors (Lipinski definition) is 1. The molecule has 0 bridgehead atoms. The standard InChI is InChI=1S/C14H13IN4/c1-10-5-14-17-8-11(9-19(14)18-10)7-16-13-4-2-3-12(15)6-13/h2-6,8-9,16H,7H2,1H3. The van der Waals surface area contributed by atoms with Gasteiger partial charge in [-0.25, -0.2) is 9.50 Å². The molecule has 5 heteroatoms. The van der Waals surface area contributed by atoms with Gasteiger partial charge >= 0.3 is 0 Å². The summed E-state index contributed by atoms with van der Waals surface area (Å²) in [5, 5.41) is 7.76. The zero-order valence-corrected chi connectivity index (χ0v) is 12.6. The second kappa shape index (κ2) is 5.16. The van der Waals surface area contributed by atoms with Gasteiger partial charge in [0, 0.05) is 39.8 Å². The zero-order chi connectivity index (χ0) is 13.2. The van der Waals surface area contributed by atoms with E-state index in [2.05, 4.69) is 56.2 Å². The van der Waals surface area contributed by atoms with Crippen LogP contribution in [-0.4, -0.2) is 14.6 Å². The summed E-state index contributed by atoms with van der Waals surface area (Å²) in [5.41, 5.74) is 4.09. The quantitative estimate of drug-likeness (QED) is 0.726. The number of aromatic nitrogens is 3. The summed E-state index contributed by atoms with van der Waals surface area (Å²) in [4.78, 5) is 4.39. The normalized spacial score (nSPS) is 10.8. The predicted octanol–water partition coefficient (Wildman–Crippen LogP) is 3.25. The highest BCUT2D eigenvalue weighted by atomic mass is 127. The second-order valence-corrected chi connectivity index (χ2v) is 5.66. The van der Waals surface area contributed by atoms with Gasteiger partial charge in [-0.3, -0.25) is 0 Å². The number of anilines is 1. The summed E-state index contributed by atoms with van der Waals surface area (Å²) in [7, 11) is 0. The van der Waals surface area contributed by atoms with Crippen molar-refractivity contribution in [1.29, 1.82) is 0 Å². The Bertz CT molecular complexity index is 720. The minimum Gasteiger partial charge on any atom is -0.381 e. The largest absolute Gasteiger partial charge is 0.381 e. The van der Waals surface area contributed by atoms with Gasteiger partial charge in [0.05, 0.1) is 5.69 Å². The van der Waals surface area contributed by atoms with E-state index in [9.17, 15) is 0 Å². The third-order valence-electron chi connectivity index (χ3n) is 2.81. The van der Waals surface area contributed by atoms with E-state index in [0.717, 1.165) is 29.1 Å². The highest BCUT2D eigenvalue weighted by Gasteiger charge is 2.01. The van der Waals surface area contributed by atoms with Crippen LogP contribution in [0.4, 0.5) is 5.69 Å². The van der Waals surface area contributed by atoms with E-state index in [1.165, 1.54) is 3.57 Å². The molecule has 19 heavy (non-hydrogen) atoms. The molecule has 2 heterocycles. The maximum absolute atomic E-state index is 4.39. The van der Waals surface area contributed by atoms with Gasteiger partial charge in [0.2, 0.25) is 0 Å². The van der Waals surface area contributed by atoms with Crippen molar-refractivity contribution in [2.45, 2.75) is 13.5 Å². The van der Waals surface area contributed by atoms with Crippen molar-refractivity contribution in [3.63, 3.8) is 0 Å². The third kappa shape index (κ3) is 2.86. The lowest BCUT2D eigenvalue weighted by molar-refractivity contribution is 0.895. The van der Waals surface area contributed by atoms with Crippen molar-refractivity contribution in [3.05, 3.63) is 57.6 Å². The van der Waals surface area contributed by atoms with E-state index < -0.39 is 0 Å². The van der Waals surface area contributed by atoms with Gasteiger partial charge in [-0.1, -0.05) is 6.07 Å². The van der Waals surface area contributed by atoms with Crippen molar-refractivity contribution >= 4 is 33.9 Å². The number of nitrogens with one attached hydrogen (secondary N) is 1.